The van der Waals surface area contributed by atoms with Crippen molar-refractivity contribution in [1.29, 1.82) is 0 Å². The number of carboxylic acid groups (broad SMARTS) is 1. The lowest BCUT2D eigenvalue weighted by Gasteiger charge is -2.15. The van der Waals surface area contributed by atoms with E-state index in [1.54, 1.807) is 0 Å². The number of hydrogen-bond acceptors (Lipinski definition) is 5. The van der Waals surface area contributed by atoms with Crippen molar-refractivity contribution < 1.29 is 22.7 Å². The highest BCUT2D eigenvalue weighted by molar-refractivity contribution is 7.89. The van der Waals surface area contributed by atoms with Crippen molar-refractivity contribution >= 4 is 16.0 Å². The van der Waals surface area contributed by atoms with E-state index in [4.69, 9.17) is 9.52 Å². The van der Waals surface area contributed by atoms with Gasteiger partial charge in [0.05, 0.1) is 0 Å². The van der Waals surface area contributed by atoms with Crippen LogP contribution < -0.4 is 4.72 Å². The molecule has 2 rings (SSSR count). The molecule has 1 saturated carbocycles. The Morgan fingerprint density at radius 1 is 1.53 bits per heavy atom. The predicted octanol–water partition coefficient (Wildman–Crippen LogP) is 0.350. The number of likely N-dealkylation sites (N-methyl/N-ethyl adjacent to an activating group) is 1. The van der Waals surface area contributed by atoms with Crippen LogP contribution in [-0.2, 0) is 10.0 Å². The highest BCUT2D eigenvalue weighted by Gasteiger charge is 2.26. The molecule has 1 aromatic rings. The predicted molar refractivity (Wildman–Crippen MR) is 66.5 cm³/mol. The molecule has 106 valence electrons. The van der Waals surface area contributed by atoms with E-state index in [1.165, 1.54) is 0 Å². The second-order valence-electron chi connectivity index (χ2n) is 4.53. The smallest absolute Gasteiger partial charge is 0.371 e. The molecular formula is C11H16N2O5S. The maximum absolute atomic E-state index is 11.8. The van der Waals surface area contributed by atoms with Gasteiger partial charge in [-0.25, -0.2) is 17.9 Å². The molecule has 8 heteroatoms. The number of carboxylic acids is 1. The first-order chi connectivity index (χ1) is 8.90. The Morgan fingerprint density at radius 2 is 2.21 bits per heavy atom. The number of nitrogens with one attached hydrogen (secondary N) is 1. The number of carbonyl (C=O) groups is 1. The van der Waals surface area contributed by atoms with Crippen LogP contribution >= 0.6 is 0 Å². The van der Waals surface area contributed by atoms with E-state index in [0.717, 1.165) is 25.0 Å². The molecule has 19 heavy (non-hydrogen) atoms. The molecule has 0 amide bonds. The Balaban J connectivity index is 1.91. The zero-order valence-electron chi connectivity index (χ0n) is 10.5. The first-order valence-electron chi connectivity index (χ1n) is 5.93. The molecule has 0 radical (unpaired) electrons. The van der Waals surface area contributed by atoms with Gasteiger partial charge >= 0.3 is 5.97 Å². The summed E-state index contributed by atoms with van der Waals surface area (Å²) in [4.78, 5) is 12.7. The molecule has 1 aromatic heterocycles. The van der Waals surface area contributed by atoms with E-state index in [1.807, 2.05) is 7.05 Å². The summed E-state index contributed by atoms with van der Waals surface area (Å²) in [7, 11) is -1.83. The zero-order valence-corrected chi connectivity index (χ0v) is 11.3. The summed E-state index contributed by atoms with van der Waals surface area (Å²) in [5, 5.41) is 8.29. The van der Waals surface area contributed by atoms with Crippen LogP contribution in [0.2, 0.25) is 0 Å². The molecule has 1 aliphatic carbocycles. The minimum Gasteiger partial charge on any atom is -0.475 e. The fourth-order valence-corrected chi connectivity index (χ4v) is 2.65. The minimum atomic E-state index is -3.78. The van der Waals surface area contributed by atoms with Gasteiger partial charge in [-0.2, -0.15) is 0 Å². The molecule has 0 bridgehead atoms. The summed E-state index contributed by atoms with van der Waals surface area (Å²) in [6, 6.07) is 2.82. The zero-order chi connectivity index (χ0) is 14.0. The average molecular weight is 288 g/mol. The number of furan rings is 1. The van der Waals surface area contributed by atoms with Crippen LogP contribution in [0.3, 0.4) is 0 Å². The largest absolute Gasteiger partial charge is 0.475 e. The van der Waals surface area contributed by atoms with Gasteiger partial charge in [0.25, 0.3) is 10.0 Å². The first kappa shape index (κ1) is 14.0. The second-order valence-corrected chi connectivity index (χ2v) is 6.23. The fourth-order valence-electron chi connectivity index (χ4n) is 1.70. The maximum Gasteiger partial charge on any atom is 0.371 e. The average Bonchev–Trinajstić information content (AvgIpc) is 3.04. The van der Waals surface area contributed by atoms with Gasteiger partial charge in [-0.15, -0.1) is 0 Å². The summed E-state index contributed by atoms with van der Waals surface area (Å²) >= 11 is 0. The van der Waals surface area contributed by atoms with Crippen LogP contribution in [0.5, 0.6) is 0 Å². The van der Waals surface area contributed by atoms with E-state index in [0.29, 0.717) is 12.6 Å². The van der Waals surface area contributed by atoms with Crippen LogP contribution in [-0.4, -0.2) is 50.6 Å². The Labute approximate surface area is 111 Å². The quantitative estimate of drug-likeness (QED) is 0.751. The van der Waals surface area contributed by atoms with Gasteiger partial charge in [0.15, 0.2) is 0 Å². The topological polar surface area (TPSA) is 99.9 Å². The third-order valence-corrected chi connectivity index (χ3v) is 4.32. The van der Waals surface area contributed by atoms with Crippen molar-refractivity contribution in [3.05, 3.63) is 17.9 Å². The van der Waals surface area contributed by atoms with Crippen molar-refractivity contribution in [2.75, 3.05) is 20.1 Å². The third kappa shape index (κ3) is 3.55. The van der Waals surface area contributed by atoms with Gasteiger partial charge in [-0.05, 0) is 32.0 Å². The Morgan fingerprint density at radius 3 is 2.74 bits per heavy atom. The second kappa shape index (κ2) is 5.32. The van der Waals surface area contributed by atoms with Crippen LogP contribution in [0, 0.1) is 0 Å². The first-order valence-corrected chi connectivity index (χ1v) is 7.41. The van der Waals surface area contributed by atoms with E-state index in [9.17, 15) is 13.2 Å². The van der Waals surface area contributed by atoms with Gasteiger partial charge in [-0.3, -0.25) is 0 Å². The lowest BCUT2D eigenvalue weighted by Crippen LogP contribution is -2.33. The number of rotatable bonds is 7. The summed E-state index contributed by atoms with van der Waals surface area (Å²) in [6.45, 7) is 0.870. The van der Waals surface area contributed by atoms with E-state index >= 15 is 0 Å². The summed E-state index contributed by atoms with van der Waals surface area (Å²) in [5.41, 5.74) is 0. The normalized spacial score (nSPS) is 15.9. The summed E-state index contributed by atoms with van der Waals surface area (Å²) in [5.74, 6) is -1.69. The van der Waals surface area contributed by atoms with Crippen LogP contribution in [0.25, 0.3) is 0 Å². The minimum absolute atomic E-state index is 0.262. The molecule has 7 nitrogen and oxygen atoms in total. The highest BCUT2D eigenvalue weighted by Crippen LogP contribution is 2.24. The molecule has 0 saturated heterocycles. The van der Waals surface area contributed by atoms with Crippen LogP contribution in [0.1, 0.15) is 23.4 Å². The molecule has 1 heterocycles. The van der Waals surface area contributed by atoms with Gasteiger partial charge < -0.3 is 14.4 Å². The lowest BCUT2D eigenvalue weighted by molar-refractivity contribution is 0.0656. The Hall–Kier alpha value is -1.38. The molecule has 0 spiro atoms. The van der Waals surface area contributed by atoms with E-state index in [-0.39, 0.29) is 11.6 Å². The number of aromatic carboxylic acids is 1. The third-order valence-electron chi connectivity index (χ3n) is 2.98. The van der Waals surface area contributed by atoms with Crippen molar-refractivity contribution in [3.63, 3.8) is 0 Å². The SMILES string of the molecule is CN(CCNS(=O)(=O)c1ccc(C(=O)O)o1)C1CC1. The monoisotopic (exact) mass is 288 g/mol. The van der Waals surface area contributed by atoms with Crippen LogP contribution in [0.15, 0.2) is 21.6 Å². The standard InChI is InChI=1S/C11H16N2O5S/c1-13(8-2-3-8)7-6-12-19(16,17)10-5-4-9(18-10)11(14)15/h4-5,8,12H,2-3,6-7H2,1H3,(H,14,15). The number of nitrogens with zero attached hydrogens (tertiary/aromatic N) is 1. The van der Waals surface area contributed by atoms with Gasteiger partial charge in [-0.1, -0.05) is 0 Å². The number of hydrogen-bond donors (Lipinski definition) is 2. The van der Waals surface area contributed by atoms with E-state index in [2.05, 4.69) is 9.62 Å². The molecular weight excluding hydrogens is 272 g/mol. The lowest BCUT2D eigenvalue weighted by atomic mass is 10.5. The van der Waals surface area contributed by atoms with Gasteiger partial charge in [0, 0.05) is 19.1 Å². The van der Waals surface area contributed by atoms with Crippen molar-refractivity contribution in [1.82, 2.24) is 9.62 Å². The Kier molecular flexibility index (Phi) is 3.93. The molecule has 0 atom stereocenters. The fraction of sp³-hybridized carbons (Fsp3) is 0.545. The van der Waals surface area contributed by atoms with Crippen molar-refractivity contribution in [3.8, 4) is 0 Å². The Bertz CT molecular complexity index is 561. The molecule has 2 N–H and O–H groups in total. The summed E-state index contributed by atoms with van der Waals surface area (Å²) < 4.78 is 30.8. The molecule has 0 unspecified atom stereocenters. The molecule has 0 aromatic carbocycles. The van der Waals surface area contributed by atoms with E-state index < -0.39 is 21.8 Å². The van der Waals surface area contributed by atoms with Gasteiger partial charge in [0.1, 0.15) is 0 Å². The molecule has 0 aliphatic heterocycles. The highest BCUT2D eigenvalue weighted by atomic mass is 32.2. The van der Waals surface area contributed by atoms with Gasteiger partial charge in [0.2, 0.25) is 10.9 Å². The van der Waals surface area contributed by atoms with Crippen molar-refractivity contribution in [2.45, 2.75) is 24.0 Å². The number of sulfonamides is 1. The van der Waals surface area contributed by atoms with Crippen molar-refractivity contribution in [2.24, 2.45) is 0 Å². The van der Waals surface area contributed by atoms with Crippen LogP contribution in [0.4, 0.5) is 0 Å². The maximum atomic E-state index is 11.8. The molecule has 1 fully saturated rings. The summed E-state index contributed by atoms with van der Waals surface area (Å²) in [6.07, 6.45) is 2.31. The molecule has 1 aliphatic rings.